The molecule has 5 aliphatic rings. The van der Waals surface area contributed by atoms with E-state index in [1.807, 2.05) is 0 Å². The molecule has 214 valence electrons. The van der Waals surface area contributed by atoms with Crippen molar-refractivity contribution in [1.29, 1.82) is 0 Å². The van der Waals surface area contributed by atoms with Gasteiger partial charge in [0.05, 0.1) is 0 Å². The van der Waals surface area contributed by atoms with E-state index in [2.05, 4.69) is 41.5 Å². The van der Waals surface area contributed by atoms with Crippen LogP contribution in [0.25, 0.3) is 0 Å². The van der Waals surface area contributed by atoms with Crippen molar-refractivity contribution in [2.75, 3.05) is 0 Å². The summed E-state index contributed by atoms with van der Waals surface area (Å²) < 4.78 is 11.6. The Morgan fingerprint density at radius 1 is 0.921 bits per heavy atom. The molecule has 0 aromatic rings. The number of fused-ring (bicyclic) bond motifs is 7. The zero-order valence-corrected chi connectivity index (χ0v) is 24.7. The van der Waals surface area contributed by atoms with Gasteiger partial charge in [0, 0.05) is 17.6 Å². The second-order valence-corrected chi connectivity index (χ2v) is 14.6. The highest BCUT2D eigenvalue weighted by Crippen LogP contribution is 2.70. The minimum Gasteiger partial charge on any atom is -0.452 e. The van der Waals surface area contributed by atoms with Gasteiger partial charge in [-0.25, -0.2) is 9.59 Å². The van der Waals surface area contributed by atoms with Crippen molar-refractivity contribution in [3.63, 3.8) is 0 Å². The van der Waals surface area contributed by atoms with Crippen LogP contribution in [0.5, 0.6) is 0 Å². The van der Waals surface area contributed by atoms with Crippen LogP contribution >= 0.6 is 0 Å². The van der Waals surface area contributed by atoms with Crippen LogP contribution in [0, 0.1) is 58.2 Å². The zero-order valence-electron chi connectivity index (χ0n) is 24.7. The summed E-state index contributed by atoms with van der Waals surface area (Å²) in [5, 5.41) is 12.3. The molecule has 1 heterocycles. The minimum absolute atomic E-state index is 0.265. The van der Waals surface area contributed by atoms with Crippen molar-refractivity contribution in [2.45, 2.75) is 124 Å². The van der Waals surface area contributed by atoms with Crippen LogP contribution in [0.15, 0.2) is 12.2 Å². The van der Waals surface area contributed by atoms with Gasteiger partial charge in [0.1, 0.15) is 0 Å². The largest absolute Gasteiger partial charge is 0.452 e. The summed E-state index contributed by atoms with van der Waals surface area (Å²) in [7, 11) is 0. The molecule has 1 aliphatic heterocycles. The molecule has 5 nitrogen and oxygen atoms in total. The fourth-order valence-electron chi connectivity index (χ4n) is 10.8. The summed E-state index contributed by atoms with van der Waals surface area (Å²) in [6.07, 6.45) is 13.9. The Labute approximate surface area is 230 Å². The van der Waals surface area contributed by atoms with Gasteiger partial charge in [0.25, 0.3) is 5.79 Å². The lowest BCUT2D eigenvalue weighted by molar-refractivity contribution is -0.352. The minimum atomic E-state index is -1.78. The first-order valence-electron chi connectivity index (χ1n) is 15.8. The molecule has 0 aromatic heterocycles. The Balaban J connectivity index is 1.39. The van der Waals surface area contributed by atoms with E-state index in [-0.39, 0.29) is 11.8 Å². The SMILES string of the molecule is CC[C@H](CC[C@@H](C)[C@H]1CC[C@H]2[C@H]3CCC4CCC5OC(=O)/C=C\C(=O)OC5(O)[C@]4(C)[C@H]3CC[C@]12C)C(C)C. The monoisotopic (exact) mass is 528 g/mol. The number of carbonyl (C=O) groups excluding carboxylic acids is 2. The maximum atomic E-state index is 12.7. The van der Waals surface area contributed by atoms with Crippen LogP contribution in [-0.4, -0.2) is 28.9 Å². The highest BCUT2D eigenvalue weighted by molar-refractivity contribution is 5.92. The number of rotatable bonds is 6. The van der Waals surface area contributed by atoms with Crippen molar-refractivity contribution in [1.82, 2.24) is 0 Å². The van der Waals surface area contributed by atoms with Crippen molar-refractivity contribution < 1.29 is 24.2 Å². The van der Waals surface area contributed by atoms with Crippen LogP contribution < -0.4 is 0 Å². The first-order chi connectivity index (χ1) is 18.0. The third-order valence-corrected chi connectivity index (χ3v) is 13.0. The summed E-state index contributed by atoms with van der Waals surface area (Å²) in [5.41, 5.74) is -0.274. The predicted octanol–water partition coefficient (Wildman–Crippen LogP) is 7.07. The third kappa shape index (κ3) is 4.29. The highest BCUT2D eigenvalue weighted by Gasteiger charge is 2.70. The van der Waals surface area contributed by atoms with Gasteiger partial charge in [-0.2, -0.15) is 0 Å². The summed E-state index contributed by atoms with van der Waals surface area (Å²) in [6.45, 7) is 14.3. The number of hydrogen-bond acceptors (Lipinski definition) is 5. The van der Waals surface area contributed by atoms with Crippen LogP contribution in [0.1, 0.15) is 112 Å². The molecule has 3 unspecified atom stereocenters. The molecule has 0 spiro atoms. The van der Waals surface area contributed by atoms with E-state index < -0.39 is 29.2 Å². The van der Waals surface area contributed by atoms with Crippen molar-refractivity contribution in [3.8, 4) is 0 Å². The van der Waals surface area contributed by atoms with E-state index in [1.54, 1.807) is 0 Å². The van der Waals surface area contributed by atoms with Crippen LogP contribution in [0.2, 0.25) is 0 Å². The Kier molecular flexibility index (Phi) is 7.59. The van der Waals surface area contributed by atoms with E-state index in [1.165, 1.54) is 44.9 Å². The van der Waals surface area contributed by atoms with Crippen molar-refractivity contribution >= 4 is 11.9 Å². The number of hydrogen-bond donors (Lipinski definition) is 1. The van der Waals surface area contributed by atoms with Gasteiger partial charge in [-0.05, 0) is 111 Å². The van der Waals surface area contributed by atoms with E-state index in [4.69, 9.17) is 9.47 Å². The van der Waals surface area contributed by atoms with Gasteiger partial charge in [0.15, 0.2) is 6.10 Å². The Bertz CT molecular complexity index is 942. The average Bonchev–Trinajstić information content (AvgIpc) is 3.22. The number of ether oxygens (including phenoxy) is 2. The molecular formula is C33H52O5. The maximum Gasteiger partial charge on any atom is 0.333 e. The Hall–Kier alpha value is -1.36. The number of esters is 2. The molecule has 0 bridgehead atoms. The highest BCUT2D eigenvalue weighted by atomic mass is 16.7. The van der Waals surface area contributed by atoms with Gasteiger partial charge in [0.2, 0.25) is 0 Å². The van der Waals surface area contributed by atoms with Gasteiger partial charge in [-0.3, -0.25) is 0 Å². The lowest BCUT2D eigenvalue weighted by Crippen LogP contribution is -2.70. The van der Waals surface area contributed by atoms with E-state index in [0.717, 1.165) is 55.1 Å². The first-order valence-corrected chi connectivity index (χ1v) is 15.8. The van der Waals surface area contributed by atoms with Gasteiger partial charge < -0.3 is 14.6 Å². The molecule has 4 saturated carbocycles. The normalized spacial score (nSPS) is 46.8. The molecule has 4 fully saturated rings. The van der Waals surface area contributed by atoms with E-state index >= 15 is 0 Å². The quantitative estimate of drug-likeness (QED) is 0.373. The molecule has 5 heteroatoms. The molecule has 11 atom stereocenters. The molecular weight excluding hydrogens is 476 g/mol. The van der Waals surface area contributed by atoms with Gasteiger partial charge in [-0.1, -0.05) is 54.4 Å². The van der Waals surface area contributed by atoms with Crippen molar-refractivity contribution in [2.24, 2.45) is 58.2 Å². The summed E-state index contributed by atoms with van der Waals surface area (Å²) >= 11 is 0. The number of carbonyl (C=O) groups is 2. The molecule has 4 aliphatic carbocycles. The van der Waals surface area contributed by atoms with E-state index in [0.29, 0.717) is 23.7 Å². The molecule has 1 N–H and O–H groups in total. The summed E-state index contributed by atoms with van der Waals surface area (Å²) in [6, 6.07) is 0. The molecule has 38 heavy (non-hydrogen) atoms. The van der Waals surface area contributed by atoms with E-state index in [9.17, 15) is 14.7 Å². The zero-order chi connectivity index (χ0) is 27.5. The van der Waals surface area contributed by atoms with Crippen LogP contribution in [0.4, 0.5) is 0 Å². The van der Waals surface area contributed by atoms with Crippen molar-refractivity contribution in [3.05, 3.63) is 12.2 Å². The Morgan fingerprint density at radius 2 is 1.63 bits per heavy atom. The second kappa shape index (κ2) is 10.2. The lowest BCUT2D eigenvalue weighted by Gasteiger charge is -2.65. The molecule has 0 saturated heterocycles. The molecule has 0 aromatic carbocycles. The summed E-state index contributed by atoms with van der Waals surface area (Å²) in [4.78, 5) is 25.0. The van der Waals surface area contributed by atoms with Crippen LogP contribution in [-0.2, 0) is 19.1 Å². The average molecular weight is 529 g/mol. The second-order valence-electron chi connectivity index (χ2n) is 14.6. The fraction of sp³-hybridized carbons (Fsp3) is 0.879. The van der Waals surface area contributed by atoms with Gasteiger partial charge in [-0.15, -0.1) is 0 Å². The number of aliphatic hydroxyl groups is 1. The molecule has 0 radical (unpaired) electrons. The summed E-state index contributed by atoms with van der Waals surface area (Å²) in [5.74, 6) is 1.80. The fourth-order valence-corrected chi connectivity index (χ4v) is 10.8. The first kappa shape index (κ1) is 28.2. The Morgan fingerprint density at radius 3 is 2.34 bits per heavy atom. The van der Waals surface area contributed by atoms with Gasteiger partial charge >= 0.3 is 11.9 Å². The predicted molar refractivity (Wildman–Crippen MR) is 148 cm³/mol. The topological polar surface area (TPSA) is 72.8 Å². The molecule has 5 rings (SSSR count). The standard InChI is InChI=1S/C33H52O5/c1-7-22(20(2)3)9-8-21(4)25-13-14-26-24-12-10-23-11-15-28-33(36,38-30(35)17-16-29(34)37-28)32(23,6)27(24)18-19-31(25,26)5/h16-17,20-28,36H,7-15,18-19H2,1-6H3/b17-16-/t21-,22-,23?,24-,25-,26+,27+,28?,31-,32+,33?/m1/s1. The smallest absolute Gasteiger partial charge is 0.333 e. The molecule has 0 amide bonds. The lowest BCUT2D eigenvalue weighted by atomic mass is 9.42. The maximum absolute atomic E-state index is 12.7. The third-order valence-electron chi connectivity index (χ3n) is 13.0. The van der Waals surface area contributed by atoms with Crippen LogP contribution in [0.3, 0.4) is 0 Å².